The zero-order chi connectivity index (χ0) is 18.8. The van der Waals surface area contributed by atoms with Crippen molar-refractivity contribution in [3.63, 3.8) is 0 Å². The summed E-state index contributed by atoms with van der Waals surface area (Å²) in [5.41, 5.74) is 0. The standard InChI is InChI=1S/C15H25BrN2O7/c1-18(24-9-3-2-8-19)25-15(21)5-10-22-12-13-23-11-7-17-14(20)4-6-16/h4,6,8H,2-3,5,7,9-13H2,1H3,(H,17,20)/b6-4+. The van der Waals surface area contributed by atoms with Crippen LogP contribution in [0.15, 0.2) is 11.1 Å². The molecule has 0 aromatic carbocycles. The predicted molar refractivity (Wildman–Crippen MR) is 92.4 cm³/mol. The molecule has 25 heavy (non-hydrogen) atoms. The van der Waals surface area contributed by atoms with Gasteiger partial charge in [-0.2, -0.15) is 0 Å². The molecule has 0 aromatic heterocycles. The van der Waals surface area contributed by atoms with Crippen molar-refractivity contribution in [2.45, 2.75) is 19.3 Å². The largest absolute Gasteiger partial charge is 0.378 e. The van der Waals surface area contributed by atoms with E-state index >= 15 is 0 Å². The first-order chi connectivity index (χ1) is 12.1. The van der Waals surface area contributed by atoms with Crippen molar-refractivity contribution in [1.29, 1.82) is 0 Å². The van der Waals surface area contributed by atoms with Crippen molar-refractivity contribution in [1.82, 2.24) is 10.5 Å². The van der Waals surface area contributed by atoms with Crippen LogP contribution in [0.2, 0.25) is 0 Å². The van der Waals surface area contributed by atoms with Crippen molar-refractivity contribution in [2.75, 3.05) is 46.6 Å². The number of hydrogen-bond donors (Lipinski definition) is 1. The second-order valence-electron chi connectivity index (χ2n) is 4.60. The minimum Gasteiger partial charge on any atom is -0.378 e. The van der Waals surface area contributed by atoms with Crippen molar-refractivity contribution >= 4 is 34.1 Å². The molecular weight excluding hydrogens is 400 g/mol. The van der Waals surface area contributed by atoms with Crippen molar-refractivity contribution in [3.05, 3.63) is 11.1 Å². The monoisotopic (exact) mass is 424 g/mol. The van der Waals surface area contributed by atoms with E-state index in [0.29, 0.717) is 45.8 Å². The topological polar surface area (TPSA) is 103 Å². The van der Waals surface area contributed by atoms with Gasteiger partial charge in [0, 0.05) is 19.0 Å². The molecule has 0 saturated heterocycles. The second kappa shape index (κ2) is 17.5. The van der Waals surface area contributed by atoms with Crippen LogP contribution in [0.25, 0.3) is 0 Å². The van der Waals surface area contributed by atoms with Gasteiger partial charge >= 0.3 is 5.97 Å². The lowest BCUT2D eigenvalue weighted by molar-refractivity contribution is -0.331. The zero-order valence-corrected chi connectivity index (χ0v) is 15.9. The third kappa shape index (κ3) is 17.3. The number of carbonyl (C=O) groups excluding carboxylic acids is 3. The van der Waals surface area contributed by atoms with Crippen LogP contribution in [0.4, 0.5) is 0 Å². The van der Waals surface area contributed by atoms with E-state index in [-0.39, 0.29) is 18.9 Å². The Kier molecular flexibility index (Phi) is 16.6. The molecule has 1 amide bonds. The Morgan fingerprint density at radius 3 is 2.52 bits per heavy atom. The van der Waals surface area contributed by atoms with Crippen LogP contribution in [0, 0.1) is 0 Å². The third-order valence-corrected chi connectivity index (χ3v) is 2.82. The summed E-state index contributed by atoms with van der Waals surface area (Å²) < 4.78 is 10.5. The first-order valence-corrected chi connectivity index (χ1v) is 8.73. The lowest BCUT2D eigenvalue weighted by atomic mass is 10.4. The fourth-order valence-corrected chi connectivity index (χ4v) is 1.66. The second-order valence-corrected chi connectivity index (χ2v) is 5.13. The molecule has 0 fully saturated rings. The molecule has 9 nitrogen and oxygen atoms in total. The summed E-state index contributed by atoms with van der Waals surface area (Å²) in [6.07, 6.45) is 3.20. The van der Waals surface area contributed by atoms with E-state index in [0.717, 1.165) is 11.5 Å². The van der Waals surface area contributed by atoms with E-state index in [2.05, 4.69) is 21.2 Å². The third-order valence-electron chi connectivity index (χ3n) is 2.55. The Bertz CT molecular complexity index is 407. The molecule has 0 aliphatic carbocycles. The first-order valence-electron chi connectivity index (χ1n) is 7.81. The van der Waals surface area contributed by atoms with E-state index in [4.69, 9.17) is 19.1 Å². The number of halogens is 1. The maximum Gasteiger partial charge on any atom is 0.330 e. The number of hydroxylamine groups is 2. The molecule has 0 bridgehead atoms. The molecule has 0 aromatic rings. The van der Waals surface area contributed by atoms with Crippen LogP contribution in [0.1, 0.15) is 19.3 Å². The number of nitrogens with one attached hydrogen (secondary N) is 1. The molecule has 1 N–H and O–H groups in total. The number of aldehydes is 1. The number of nitrogens with zero attached hydrogens (tertiary/aromatic N) is 1. The first kappa shape index (κ1) is 23.7. The van der Waals surface area contributed by atoms with Gasteiger partial charge in [0.1, 0.15) is 6.29 Å². The highest BCUT2D eigenvalue weighted by molar-refractivity contribution is 9.11. The molecule has 0 aliphatic heterocycles. The lowest BCUT2D eigenvalue weighted by Crippen LogP contribution is -2.26. The molecule has 10 heteroatoms. The molecule has 0 saturated carbocycles. The van der Waals surface area contributed by atoms with Crippen LogP contribution < -0.4 is 5.32 Å². The van der Waals surface area contributed by atoms with Gasteiger partial charge in [-0.05, 0) is 16.6 Å². The molecule has 0 rings (SSSR count). The van der Waals surface area contributed by atoms with Crippen LogP contribution in [0.3, 0.4) is 0 Å². The van der Waals surface area contributed by atoms with Gasteiger partial charge in [0.15, 0.2) is 0 Å². The molecule has 0 atom stereocenters. The van der Waals surface area contributed by atoms with Crippen LogP contribution in [0.5, 0.6) is 0 Å². The van der Waals surface area contributed by atoms with Gasteiger partial charge in [-0.3, -0.25) is 14.4 Å². The van der Waals surface area contributed by atoms with Crippen molar-refractivity contribution < 1.29 is 33.5 Å². The smallest absolute Gasteiger partial charge is 0.330 e. The number of hydrogen-bond acceptors (Lipinski definition) is 8. The number of amides is 1. The van der Waals surface area contributed by atoms with Gasteiger partial charge in [0.2, 0.25) is 5.91 Å². The summed E-state index contributed by atoms with van der Waals surface area (Å²) in [4.78, 5) is 44.1. The molecular formula is C15H25BrN2O7. The van der Waals surface area contributed by atoms with E-state index in [1.54, 1.807) is 0 Å². The molecule has 0 radical (unpaired) electrons. The zero-order valence-electron chi connectivity index (χ0n) is 14.3. The average molecular weight is 425 g/mol. The van der Waals surface area contributed by atoms with Crippen LogP contribution in [-0.2, 0) is 33.5 Å². The van der Waals surface area contributed by atoms with E-state index in [9.17, 15) is 14.4 Å². The van der Waals surface area contributed by atoms with Gasteiger partial charge < -0.3 is 24.4 Å². The summed E-state index contributed by atoms with van der Waals surface area (Å²) in [5, 5.41) is 3.59. The average Bonchev–Trinajstić information content (AvgIpc) is 2.57. The van der Waals surface area contributed by atoms with Crippen molar-refractivity contribution in [3.8, 4) is 0 Å². The highest BCUT2D eigenvalue weighted by atomic mass is 79.9. The van der Waals surface area contributed by atoms with Crippen molar-refractivity contribution in [2.24, 2.45) is 0 Å². The summed E-state index contributed by atoms with van der Waals surface area (Å²) >= 11 is 3.00. The summed E-state index contributed by atoms with van der Waals surface area (Å²) in [6, 6.07) is 0. The minimum absolute atomic E-state index is 0.0803. The Morgan fingerprint density at radius 1 is 1.12 bits per heavy atom. The number of rotatable bonds is 16. The summed E-state index contributed by atoms with van der Waals surface area (Å²) in [5.74, 6) is -0.686. The maximum atomic E-state index is 11.5. The molecule has 0 heterocycles. The molecule has 0 spiro atoms. The van der Waals surface area contributed by atoms with E-state index in [1.165, 1.54) is 18.1 Å². The van der Waals surface area contributed by atoms with E-state index < -0.39 is 5.97 Å². The Morgan fingerprint density at radius 2 is 1.84 bits per heavy atom. The number of carbonyl (C=O) groups is 3. The van der Waals surface area contributed by atoms with Gasteiger partial charge in [0.25, 0.3) is 0 Å². The summed E-state index contributed by atoms with van der Waals surface area (Å²) in [7, 11) is 1.46. The van der Waals surface area contributed by atoms with Gasteiger partial charge in [-0.15, -0.1) is 0 Å². The highest BCUT2D eigenvalue weighted by Gasteiger charge is 2.08. The lowest BCUT2D eigenvalue weighted by Gasteiger charge is -2.15. The minimum atomic E-state index is -0.485. The highest BCUT2D eigenvalue weighted by Crippen LogP contribution is 1.96. The molecule has 144 valence electrons. The Hall–Kier alpha value is -1.33. The van der Waals surface area contributed by atoms with Gasteiger partial charge in [-0.25, -0.2) is 0 Å². The van der Waals surface area contributed by atoms with Gasteiger partial charge in [0.05, 0.1) is 46.5 Å². The van der Waals surface area contributed by atoms with Crippen LogP contribution >= 0.6 is 15.9 Å². The van der Waals surface area contributed by atoms with Gasteiger partial charge in [-0.1, -0.05) is 15.9 Å². The molecule has 0 unspecified atom stereocenters. The maximum absolute atomic E-state index is 11.5. The fourth-order valence-electron chi connectivity index (χ4n) is 1.42. The Balaban J connectivity index is 3.39. The van der Waals surface area contributed by atoms with E-state index in [1.807, 2.05) is 0 Å². The quantitative estimate of drug-likeness (QED) is 0.167. The summed E-state index contributed by atoms with van der Waals surface area (Å²) in [6.45, 7) is 1.97. The fraction of sp³-hybridized carbons (Fsp3) is 0.667. The predicted octanol–water partition coefficient (Wildman–Crippen LogP) is 0.735. The van der Waals surface area contributed by atoms with Crippen LogP contribution in [-0.4, -0.2) is 70.0 Å². The molecule has 0 aliphatic rings. The SMILES string of the molecule is CN(OCCCC=O)OC(=O)CCOCCOCCNC(=O)/C=C/Br. The number of ether oxygens (including phenoxy) is 2. The number of unbranched alkanes of at least 4 members (excludes halogenated alkanes) is 1. The Labute approximate surface area is 155 Å². The normalized spacial score (nSPS) is 11.0.